The molecule has 0 radical (unpaired) electrons. The fraction of sp³-hybridized carbons (Fsp3) is 0.350. The van der Waals surface area contributed by atoms with E-state index in [1.54, 1.807) is 41.6 Å². The summed E-state index contributed by atoms with van der Waals surface area (Å²) in [5.41, 5.74) is 2.28. The Bertz CT molecular complexity index is 975. The molecule has 0 saturated carbocycles. The fourth-order valence-electron chi connectivity index (χ4n) is 3.15. The lowest BCUT2D eigenvalue weighted by atomic mass is 10.1. The highest BCUT2D eigenvalue weighted by atomic mass is 79.9. The van der Waals surface area contributed by atoms with Crippen LogP contribution in [0.3, 0.4) is 0 Å². The molecular weight excluding hydrogens is 478 g/mol. The van der Waals surface area contributed by atoms with E-state index >= 15 is 0 Å². The van der Waals surface area contributed by atoms with Gasteiger partial charge in [0.15, 0.2) is 0 Å². The number of hydrogen-bond donors (Lipinski definition) is 1. The zero-order valence-corrected chi connectivity index (χ0v) is 19.2. The molecule has 29 heavy (non-hydrogen) atoms. The van der Waals surface area contributed by atoms with Crippen molar-refractivity contribution in [2.45, 2.75) is 13.5 Å². The third kappa shape index (κ3) is 5.79. The van der Waals surface area contributed by atoms with Crippen molar-refractivity contribution < 1.29 is 13.2 Å². The van der Waals surface area contributed by atoms with Gasteiger partial charge in [0.1, 0.15) is 0 Å². The Morgan fingerprint density at radius 1 is 1.10 bits per heavy atom. The fourth-order valence-corrected chi connectivity index (χ4v) is 4.66. The lowest BCUT2D eigenvalue weighted by molar-refractivity contribution is 0.102. The van der Waals surface area contributed by atoms with E-state index in [1.807, 2.05) is 12.1 Å². The number of amides is 1. The number of hydrogen-bond acceptors (Lipinski definition) is 4. The molecule has 3 rings (SSSR count). The van der Waals surface area contributed by atoms with Crippen LogP contribution in [0.5, 0.6) is 0 Å². The van der Waals surface area contributed by atoms with Crippen molar-refractivity contribution in [3.05, 3.63) is 63.1 Å². The first kappa shape index (κ1) is 22.2. The van der Waals surface area contributed by atoms with Crippen molar-refractivity contribution in [1.29, 1.82) is 0 Å². The molecule has 0 unspecified atom stereocenters. The van der Waals surface area contributed by atoms with Gasteiger partial charge >= 0.3 is 0 Å². The Balaban J connectivity index is 1.55. The first-order chi connectivity index (χ1) is 13.8. The molecule has 1 saturated heterocycles. The first-order valence-corrected chi connectivity index (χ1v) is 12.1. The van der Waals surface area contributed by atoms with Crippen LogP contribution in [0.2, 0.25) is 5.02 Å². The maximum absolute atomic E-state index is 12.4. The summed E-state index contributed by atoms with van der Waals surface area (Å²) in [6.07, 6.45) is 0. The minimum Gasteiger partial charge on any atom is -0.322 e. The molecule has 1 aliphatic rings. The molecule has 0 aliphatic carbocycles. The molecule has 1 heterocycles. The highest BCUT2D eigenvalue weighted by Crippen LogP contribution is 2.25. The summed E-state index contributed by atoms with van der Waals surface area (Å²) in [4.78, 5) is 14.7. The quantitative estimate of drug-likeness (QED) is 0.655. The molecule has 2 aromatic rings. The molecular formula is C20H23BrClN3O3S. The molecule has 0 aromatic heterocycles. The van der Waals surface area contributed by atoms with Crippen LogP contribution in [-0.4, -0.2) is 55.5 Å². The maximum Gasteiger partial charge on any atom is 0.255 e. The summed E-state index contributed by atoms with van der Waals surface area (Å²) in [6, 6.07) is 12.7. The van der Waals surface area contributed by atoms with Crippen LogP contribution in [-0.2, 0) is 16.6 Å². The van der Waals surface area contributed by atoms with Crippen molar-refractivity contribution >= 4 is 49.1 Å². The first-order valence-electron chi connectivity index (χ1n) is 9.34. The molecule has 1 N–H and O–H groups in total. The third-order valence-electron chi connectivity index (χ3n) is 4.89. The summed E-state index contributed by atoms with van der Waals surface area (Å²) in [7, 11) is -3.11. The van der Waals surface area contributed by atoms with E-state index < -0.39 is 10.0 Å². The molecule has 0 bridgehead atoms. The molecule has 156 valence electrons. The number of halogens is 2. The predicted octanol–water partition coefficient (Wildman–Crippen LogP) is 3.82. The molecule has 1 fully saturated rings. The van der Waals surface area contributed by atoms with Crippen LogP contribution in [0.25, 0.3) is 0 Å². The van der Waals surface area contributed by atoms with Crippen LogP contribution in [0.4, 0.5) is 5.69 Å². The van der Waals surface area contributed by atoms with Gasteiger partial charge < -0.3 is 5.32 Å². The van der Waals surface area contributed by atoms with E-state index in [2.05, 4.69) is 26.1 Å². The summed E-state index contributed by atoms with van der Waals surface area (Å²) in [5.74, 6) is -0.0588. The smallest absolute Gasteiger partial charge is 0.255 e. The number of nitrogens with zero attached hydrogens (tertiary/aromatic N) is 2. The summed E-state index contributed by atoms with van der Waals surface area (Å²) >= 11 is 9.38. The average Bonchev–Trinajstić information content (AvgIpc) is 2.71. The molecule has 1 amide bonds. The monoisotopic (exact) mass is 499 g/mol. The normalized spacial score (nSPS) is 16.0. The lowest BCUT2D eigenvalue weighted by Gasteiger charge is -2.33. The van der Waals surface area contributed by atoms with Crippen LogP contribution in [0.1, 0.15) is 22.8 Å². The average molecular weight is 501 g/mol. The van der Waals surface area contributed by atoms with Gasteiger partial charge in [-0.25, -0.2) is 8.42 Å². The summed E-state index contributed by atoms with van der Waals surface area (Å²) in [5, 5.41) is 3.37. The third-order valence-corrected chi connectivity index (χ3v) is 8.00. The topological polar surface area (TPSA) is 69.7 Å². The largest absolute Gasteiger partial charge is 0.322 e. The number of carbonyl (C=O) groups excluding carboxylic acids is 1. The minimum absolute atomic E-state index is 0.142. The van der Waals surface area contributed by atoms with Crippen LogP contribution >= 0.6 is 27.5 Å². The Kier molecular flexibility index (Phi) is 7.34. The van der Waals surface area contributed by atoms with Gasteiger partial charge in [-0.3, -0.25) is 9.69 Å². The van der Waals surface area contributed by atoms with E-state index in [9.17, 15) is 13.2 Å². The molecule has 6 nitrogen and oxygen atoms in total. The second-order valence-electron chi connectivity index (χ2n) is 6.86. The number of nitrogens with one attached hydrogen (secondary N) is 1. The van der Waals surface area contributed by atoms with Gasteiger partial charge in [0.2, 0.25) is 10.0 Å². The van der Waals surface area contributed by atoms with Gasteiger partial charge in [-0.2, -0.15) is 4.31 Å². The number of sulfonamides is 1. The van der Waals surface area contributed by atoms with Gasteiger partial charge in [0.05, 0.1) is 10.8 Å². The molecule has 2 aromatic carbocycles. The Morgan fingerprint density at radius 3 is 2.34 bits per heavy atom. The van der Waals surface area contributed by atoms with Crippen molar-refractivity contribution in [1.82, 2.24) is 9.21 Å². The minimum atomic E-state index is -3.11. The van der Waals surface area contributed by atoms with Crippen LogP contribution < -0.4 is 5.32 Å². The standard InChI is InChI=1S/C20H23BrClN3O3S/c1-2-29(27,28)25-11-9-24(10-12-25)14-15-3-5-16(6-4-15)20(26)23-17-7-8-18(21)19(22)13-17/h3-8,13H,2,9-12,14H2,1H3,(H,23,26). The van der Waals surface area contributed by atoms with Gasteiger partial charge in [-0.1, -0.05) is 23.7 Å². The van der Waals surface area contributed by atoms with E-state index in [1.165, 1.54) is 0 Å². The Labute approximate surface area is 185 Å². The maximum atomic E-state index is 12.4. The SMILES string of the molecule is CCS(=O)(=O)N1CCN(Cc2ccc(C(=O)Nc3ccc(Br)c(Cl)c3)cc2)CC1. The zero-order chi connectivity index (χ0) is 21.0. The Morgan fingerprint density at radius 2 is 1.76 bits per heavy atom. The van der Waals surface area contributed by atoms with Crippen molar-refractivity contribution in [2.24, 2.45) is 0 Å². The van der Waals surface area contributed by atoms with Gasteiger partial charge in [0.25, 0.3) is 5.91 Å². The zero-order valence-electron chi connectivity index (χ0n) is 16.1. The molecule has 1 aliphatic heterocycles. The molecule has 9 heteroatoms. The van der Waals surface area contributed by atoms with Crippen LogP contribution in [0, 0.1) is 0 Å². The number of carbonyl (C=O) groups is 1. The molecule has 0 atom stereocenters. The lowest BCUT2D eigenvalue weighted by Crippen LogP contribution is -2.48. The number of piperazine rings is 1. The number of benzene rings is 2. The van der Waals surface area contributed by atoms with Gasteiger partial charge in [-0.15, -0.1) is 0 Å². The van der Waals surface area contributed by atoms with Crippen LogP contribution in [0.15, 0.2) is 46.9 Å². The summed E-state index contributed by atoms with van der Waals surface area (Å²) < 4.78 is 26.2. The summed E-state index contributed by atoms with van der Waals surface area (Å²) in [6.45, 7) is 4.84. The van der Waals surface area contributed by atoms with Gasteiger partial charge in [-0.05, 0) is 58.7 Å². The Hall–Kier alpha value is -1.45. The second kappa shape index (κ2) is 9.57. The van der Waals surface area contributed by atoms with Crippen molar-refractivity contribution in [2.75, 3.05) is 37.2 Å². The molecule has 0 spiro atoms. The number of rotatable bonds is 6. The highest BCUT2D eigenvalue weighted by Gasteiger charge is 2.25. The van der Waals surface area contributed by atoms with E-state index in [0.29, 0.717) is 42.5 Å². The highest BCUT2D eigenvalue weighted by molar-refractivity contribution is 9.10. The van der Waals surface area contributed by atoms with Crippen molar-refractivity contribution in [3.8, 4) is 0 Å². The van der Waals surface area contributed by atoms with E-state index in [0.717, 1.165) is 16.6 Å². The van der Waals surface area contributed by atoms with Gasteiger partial charge in [0, 0.05) is 48.4 Å². The second-order valence-corrected chi connectivity index (χ2v) is 10.4. The number of anilines is 1. The van der Waals surface area contributed by atoms with E-state index in [4.69, 9.17) is 11.6 Å². The predicted molar refractivity (Wildman–Crippen MR) is 120 cm³/mol. The van der Waals surface area contributed by atoms with E-state index in [-0.39, 0.29) is 11.7 Å². The van der Waals surface area contributed by atoms with Crippen molar-refractivity contribution in [3.63, 3.8) is 0 Å².